The monoisotopic (exact) mass is 398 g/mol. The van der Waals surface area contributed by atoms with Gasteiger partial charge in [-0.15, -0.1) is 5.10 Å². The predicted molar refractivity (Wildman–Crippen MR) is 89.4 cm³/mol. The van der Waals surface area contributed by atoms with Gasteiger partial charge in [0.1, 0.15) is 5.75 Å². The van der Waals surface area contributed by atoms with Gasteiger partial charge in [0.25, 0.3) is 0 Å². The van der Waals surface area contributed by atoms with Crippen LogP contribution in [0, 0.1) is 11.8 Å². The minimum absolute atomic E-state index is 0.0141. The summed E-state index contributed by atoms with van der Waals surface area (Å²) in [7, 11) is 1.54. The molecule has 28 heavy (non-hydrogen) atoms. The van der Waals surface area contributed by atoms with Crippen LogP contribution in [0.1, 0.15) is 0 Å². The van der Waals surface area contributed by atoms with E-state index >= 15 is 0 Å². The largest absolute Gasteiger partial charge is 0.497 e. The molecule has 1 aromatic carbocycles. The molecule has 0 bridgehead atoms. The van der Waals surface area contributed by atoms with E-state index in [1.165, 1.54) is 4.90 Å². The topological polar surface area (TPSA) is 89.7 Å². The van der Waals surface area contributed by atoms with E-state index in [4.69, 9.17) is 13.9 Å². The van der Waals surface area contributed by atoms with Crippen LogP contribution in [0.25, 0.3) is 11.5 Å². The summed E-state index contributed by atoms with van der Waals surface area (Å²) in [5.74, 6) is -1.65. The van der Waals surface area contributed by atoms with Crippen LogP contribution < -0.4 is 15.0 Å². The van der Waals surface area contributed by atoms with Crippen LogP contribution in [-0.2, 0) is 9.53 Å². The van der Waals surface area contributed by atoms with Crippen molar-refractivity contribution in [3.8, 4) is 17.2 Å². The second-order valence-corrected chi connectivity index (χ2v) is 6.65. The Hall–Kier alpha value is -2.82. The molecule has 2 aliphatic heterocycles. The first kappa shape index (κ1) is 18.5. The Kier molecular flexibility index (Phi) is 4.61. The van der Waals surface area contributed by atoms with Gasteiger partial charge in [-0.2, -0.15) is 13.2 Å². The van der Waals surface area contributed by atoms with Crippen LogP contribution in [0.4, 0.5) is 19.2 Å². The Labute approximate surface area is 157 Å². The van der Waals surface area contributed by atoms with Gasteiger partial charge in [-0.3, -0.25) is 4.90 Å². The van der Waals surface area contributed by atoms with Crippen molar-refractivity contribution >= 4 is 12.0 Å². The lowest BCUT2D eigenvalue weighted by Gasteiger charge is -2.26. The number of methoxy groups -OCH3 is 1. The van der Waals surface area contributed by atoms with Crippen LogP contribution >= 0.6 is 0 Å². The predicted octanol–water partition coefficient (Wildman–Crippen LogP) is 1.83. The van der Waals surface area contributed by atoms with Crippen molar-refractivity contribution in [1.29, 1.82) is 0 Å². The second-order valence-electron chi connectivity index (χ2n) is 6.65. The smallest absolute Gasteiger partial charge is 0.491 e. The van der Waals surface area contributed by atoms with Crippen molar-refractivity contribution in [1.82, 2.24) is 15.5 Å². The number of alkyl halides is 3. The van der Waals surface area contributed by atoms with Crippen molar-refractivity contribution < 1.29 is 31.9 Å². The minimum atomic E-state index is -5.07. The number of fused-ring (bicyclic) bond motifs is 1. The number of anilines is 1. The lowest BCUT2D eigenvalue weighted by Crippen LogP contribution is -2.42. The Morgan fingerprint density at radius 2 is 2.00 bits per heavy atom. The van der Waals surface area contributed by atoms with Crippen molar-refractivity contribution in [2.45, 2.75) is 12.4 Å². The molecule has 4 rings (SSSR count). The van der Waals surface area contributed by atoms with E-state index in [9.17, 15) is 18.0 Å². The first-order chi connectivity index (χ1) is 13.4. The molecule has 0 amide bonds. The summed E-state index contributed by atoms with van der Waals surface area (Å²) in [4.78, 5) is 12.8. The molecular weight excluding hydrogens is 381 g/mol. The van der Waals surface area contributed by atoms with E-state index in [1.807, 2.05) is 0 Å². The number of benzene rings is 1. The van der Waals surface area contributed by atoms with E-state index in [0.29, 0.717) is 30.9 Å². The van der Waals surface area contributed by atoms with E-state index in [1.54, 1.807) is 31.4 Å². The fourth-order valence-corrected chi connectivity index (χ4v) is 3.57. The molecule has 0 aliphatic carbocycles. The lowest BCUT2D eigenvalue weighted by atomic mass is 9.99. The summed E-state index contributed by atoms with van der Waals surface area (Å²) in [5, 5.41) is 11.0. The number of carbonyl (C=O) groups excluding carboxylic acids is 1. The van der Waals surface area contributed by atoms with E-state index in [-0.39, 0.29) is 23.7 Å². The zero-order valence-corrected chi connectivity index (χ0v) is 14.8. The normalized spacial score (nSPS) is 24.3. The number of hydrogen-bond acceptors (Lipinski definition) is 8. The molecule has 0 spiro atoms. The Morgan fingerprint density at radius 3 is 2.68 bits per heavy atom. The molecule has 3 atom stereocenters. The Bertz CT molecular complexity index is 855. The third-order valence-electron chi connectivity index (χ3n) is 4.95. The van der Waals surface area contributed by atoms with E-state index in [2.05, 4.69) is 15.5 Å². The maximum absolute atomic E-state index is 12.7. The van der Waals surface area contributed by atoms with Crippen LogP contribution in [0.2, 0.25) is 0 Å². The van der Waals surface area contributed by atoms with Gasteiger partial charge in [0.2, 0.25) is 5.89 Å². The van der Waals surface area contributed by atoms with Crippen molar-refractivity contribution in [2.24, 2.45) is 11.8 Å². The molecule has 2 aliphatic rings. The number of nitrogens with one attached hydrogen (secondary N) is 1. The van der Waals surface area contributed by atoms with Gasteiger partial charge >= 0.3 is 18.2 Å². The number of carbonyl (C=O) groups is 1. The van der Waals surface area contributed by atoms with E-state index < -0.39 is 18.4 Å². The van der Waals surface area contributed by atoms with Gasteiger partial charge in [-0.25, -0.2) is 4.79 Å². The number of ether oxygens (including phenoxy) is 2. The summed E-state index contributed by atoms with van der Waals surface area (Å²) in [6.07, 6.45) is -6.20. The number of nitrogens with zero attached hydrogens (tertiary/aromatic N) is 3. The zero-order chi connectivity index (χ0) is 19.9. The van der Waals surface area contributed by atoms with E-state index in [0.717, 1.165) is 0 Å². The molecule has 150 valence electrons. The molecule has 1 aromatic heterocycles. The van der Waals surface area contributed by atoms with Crippen molar-refractivity contribution in [3.05, 3.63) is 24.3 Å². The number of esters is 1. The SMILES string of the molecule is COc1ccc(-c2nnc(N3CC4CNCC4C3OC(=O)C(F)(F)F)o2)cc1. The molecule has 2 aromatic rings. The second kappa shape index (κ2) is 6.97. The molecule has 2 fully saturated rings. The average molecular weight is 398 g/mol. The Balaban J connectivity index is 1.58. The quantitative estimate of drug-likeness (QED) is 0.781. The van der Waals surface area contributed by atoms with Crippen LogP contribution in [-0.4, -0.2) is 55.3 Å². The highest BCUT2D eigenvalue weighted by atomic mass is 19.4. The molecule has 1 N–H and O–H groups in total. The molecule has 11 heteroatoms. The standard InChI is InChI=1S/C17H17F3N4O4/c1-26-11-4-2-9(3-5-11)13-22-23-16(27-13)24-8-10-6-21-7-12(10)14(24)28-15(25)17(18,19)20/h2-5,10,12,14,21H,6-8H2,1H3. The third kappa shape index (κ3) is 3.37. The van der Waals surface area contributed by atoms with Gasteiger partial charge in [0.15, 0.2) is 6.23 Å². The number of hydrogen-bond donors (Lipinski definition) is 1. The highest BCUT2D eigenvalue weighted by Crippen LogP contribution is 2.38. The third-order valence-corrected chi connectivity index (χ3v) is 4.95. The summed E-state index contributed by atoms with van der Waals surface area (Å²) < 4.78 is 53.6. The van der Waals surface area contributed by atoms with Gasteiger partial charge in [-0.05, 0) is 30.2 Å². The molecule has 3 unspecified atom stereocenters. The van der Waals surface area contributed by atoms with Crippen LogP contribution in [0.3, 0.4) is 0 Å². The maximum atomic E-state index is 12.7. The van der Waals surface area contributed by atoms with Crippen molar-refractivity contribution in [2.75, 3.05) is 31.6 Å². The highest BCUT2D eigenvalue weighted by molar-refractivity contribution is 5.76. The molecule has 0 saturated carbocycles. The highest BCUT2D eigenvalue weighted by Gasteiger charge is 2.51. The summed E-state index contributed by atoms with van der Waals surface area (Å²) in [6, 6.07) is 6.90. The average Bonchev–Trinajstić information content (AvgIpc) is 3.38. The summed E-state index contributed by atoms with van der Waals surface area (Å²) in [5.41, 5.74) is 0.629. The summed E-state index contributed by atoms with van der Waals surface area (Å²) in [6.45, 7) is 1.40. The zero-order valence-electron chi connectivity index (χ0n) is 14.8. The van der Waals surface area contributed by atoms with Gasteiger partial charge in [-0.1, -0.05) is 5.10 Å². The Morgan fingerprint density at radius 1 is 1.25 bits per heavy atom. The van der Waals surface area contributed by atoms with Crippen LogP contribution in [0.5, 0.6) is 5.75 Å². The fourth-order valence-electron chi connectivity index (χ4n) is 3.57. The van der Waals surface area contributed by atoms with Gasteiger partial charge < -0.3 is 19.2 Å². The molecule has 3 heterocycles. The number of halogens is 3. The van der Waals surface area contributed by atoms with Crippen molar-refractivity contribution in [3.63, 3.8) is 0 Å². The van der Waals surface area contributed by atoms with Gasteiger partial charge in [0, 0.05) is 31.1 Å². The summed E-state index contributed by atoms with van der Waals surface area (Å²) >= 11 is 0. The molecule has 2 saturated heterocycles. The first-order valence-electron chi connectivity index (χ1n) is 8.60. The lowest BCUT2D eigenvalue weighted by molar-refractivity contribution is -0.206. The fraction of sp³-hybridized carbons (Fsp3) is 0.471. The van der Waals surface area contributed by atoms with Crippen LogP contribution in [0.15, 0.2) is 28.7 Å². The number of rotatable bonds is 4. The first-order valence-corrected chi connectivity index (χ1v) is 8.60. The van der Waals surface area contributed by atoms with Gasteiger partial charge in [0.05, 0.1) is 7.11 Å². The maximum Gasteiger partial charge on any atom is 0.491 e. The molecular formula is C17H17F3N4O4. The molecule has 8 nitrogen and oxygen atoms in total. The molecule has 0 radical (unpaired) electrons. The minimum Gasteiger partial charge on any atom is -0.497 e. The number of aromatic nitrogens is 2.